The molecule has 0 spiro atoms. The van der Waals surface area contributed by atoms with Crippen molar-refractivity contribution in [1.82, 2.24) is 20.5 Å². The van der Waals surface area contributed by atoms with Crippen molar-refractivity contribution in [3.8, 4) is 0 Å². The number of H-pyrrole nitrogens is 1. The minimum absolute atomic E-state index is 0.0788. The molecule has 2 aromatic carbocycles. The van der Waals surface area contributed by atoms with Crippen LogP contribution in [0.1, 0.15) is 72.8 Å². The Kier molecular flexibility index (Phi) is 5.58. The van der Waals surface area contributed by atoms with E-state index in [1.165, 1.54) is 0 Å². The van der Waals surface area contributed by atoms with Gasteiger partial charge in [0.1, 0.15) is 12.1 Å². The van der Waals surface area contributed by atoms with Crippen molar-refractivity contribution in [2.75, 3.05) is 0 Å². The van der Waals surface area contributed by atoms with Crippen LogP contribution in [-0.4, -0.2) is 45.7 Å². The van der Waals surface area contributed by atoms with Crippen molar-refractivity contribution in [3.63, 3.8) is 0 Å². The largest absolute Gasteiger partial charge is 0.356 e. The average molecular weight is 485 g/mol. The van der Waals surface area contributed by atoms with E-state index in [1.54, 1.807) is 4.90 Å². The Hall–Kier alpha value is -3.61. The first kappa shape index (κ1) is 22.8. The van der Waals surface area contributed by atoms with Gasteiger partial charge in [-0.1, -0.05) is 63.1 Å². The van der Waals surface area contributed by atoms with Crippen LogP contribution in [0.4, 0.5) is 0 Å². The number of nitrogens with one attached hydrogen (secondary N) is 3. The maximum atomic E-state index is 13.9. The van der Waals surface area contributed by atoms with Gasteiger partial charge in [0.25, 0.3) is 5.91 Å². The van der Waals surface area contributed by atoms with E-state index >= 15 is 0 Å². The van der Waals surface area contributed by atoms with Gasteiger partial charge in [-0.3, -0.25) is 14.4 Å². The number of amides is 3. The van der Waals surface area contributed by atoms with Gasteiger partial charge < -0.3 is 20.5 Å². The number of carbonyl (C=O) groups excluding carboxylic acids is 3. The molecule has 36 heavy (non-hydrogen) atoms. The average Bonchev–Trinajstić information content (AvgIpc) is 3.59. The molecular weight excluding hydrogens is 452 g/mol. The summed E-state index contributed by atoms with van der Waals surface area (Å²) < 4.78 is 0. The first-order valence-electron chi connectivity index (χ1n) is 13.1. The zero-order chi connectivity index (χ0) is 25.0. The molecule has 3 aromatic rings. The van der Waals surface area contributed by atoms with Crippen LogP contribution in [0.5, 0.6) is 0 Å². The smallest absolute Gasteiger partial charge is 0.255 e. The van der Waals surface area contributed by atoms with Gasteiger partial charge >= 0.3 is 0 Å². The molecule has 186 valence electrons. The molecule has 3 heterocycles. The summed E-state index contributed by atoms with van der Waals surface area (Å²) in [6.45, 7) is 3.88. The third-order valence-corrected chi connectivity index (χ3v) is 8.10. The van der Waals surface area contributed by atoms with E-state index in [1.807, 2.05) is 56.3 Å². The van der Waals surface area contributed by atoms with Crippen molar-refractivity contribution >= 4 is 28.6 Å². The minimum atomic E-state index is -0.706. The van der Waals surface area contributed by atoms with E-state index in [-0.39, 0.29) is 35.7 Å². The minimum Gasteiger partial charge on any atom is -0.356 e. The first-order chi connectivity index (χ1) is 17.4. The van der Waals surface area contributed by atoms with Gasteiger partial charge in [0.15, 0.2) is 0 Å². The number of fused-ring (bicyclic) bond motifs is 7. The molecule has 3 atom stereocenters. The molecule has 3 amide bonds. The predicted octanol–water partition coefficient (Wildman–Crippen LogP) is 3.84. The summed E-state index contributed by atoms with van der Waals surface area (Å²) in [6.07, 6.45) is 4.61. The summed E-state index contributed by atoms with van der Waals surface area (Å²) >= 11 is 0. The zero-order valence-corrected chi connectivity index (χ0v) is 20.7. The number of carbonyl (C=O) groups is 3. The van der Waals surface area contributed by atoms with Crippen LogP contribution in [0, 0.1) is 5.92 Å². The third kappa shape index (κ3) is 3.60. The first-order valence-corrected chi connectivity index (χ1v) is 13.1. The Morgan fingerprint density at radius 1 is 1.03 bits per heavy atom. The Morgan fingerprint density at radius 3 is 2.53 bits per heavy atom. The lowest BCUT2D eigenvalue weighted by Crippen LogP contribution is -2.58. The molecule has 1 aromatic heterocycles. The fraction of sp³-hybridized carbons (Fsp3) is 0.414. The van der Waals surface area contributed by atoms with E-state index in [0.29, 0.717) is 12.0 Å². The number of hydrogen-bond acceptors (Lipinski definition) is 3. The fourth-order valence-electron chi connectivity index (χ4n) is 6.28. The third-order valence-electron chi connectivity index (χ3n) is 8.10. The van der Waals surface area contributed by atoms with Gasteiger partial charge in [-0.25, -0.2) is 0 Å². The molecule has 7 nitrogen and oxygen atoms in total. The van der Waals surface area contributed by atoms with Crippen LogP contribution >= 0.6 is 0 Å². The molecule has 0 bridgehead atoms. The van der Waals surface area contributed by atoms with Gasteiger partial charge in [0.05, 0.1) is 6.04 Å². The molecule has 1 saturated carbocycles. The van der Waals surface area contributed by atoms with Crippen LogP contribution in [0.15, 0.2) is 48.5 Å². The molecule has 0 radical (unpaired) electrons. The summed E-state index contributed by atoms with van der Waals surface area (Å²) in [4.78, 5) is 45.9. The van der Waals surface area contributed by atoms with Crippen molar-refractivity contribution < 1.29 is 14.4 Å². The SMILES string of the molecule is CC(C)[C@H](NC(=O)[C@@H]1Cc2c([nH]c3ccccc23)[C@H]2c3ccccc3C(=O)N21)C(=O)NC1CCCC1. The maximum absolute atomic E-state index is 13.9. The second kappa shape index (κ2) is 8.80. The standard InChI is InChI=1S/C29H32N4O3/c1-16(2)24(28(35)30-17-9-3-4-10-17)32-27(34)23-15-21-18-11-7-8-14-22(18)31-25(21)26-19-12-5-6-13-20(19)29(36)33(23)26/h5-8,11-14,16-17,23-24,26,31H,3-4,9-10,15H2,1-2H3,(H,30,35)(H,32,34)/t23-,24-,26+/m0/s1. The lowest BCUT2D eigenvalue weighted by atomic mass is 9.89. The summed E-state index contributed by atoms with van der Waals surface area (Å²) in [7, 11) is 0. The quantitative estimate of drug-likeness (QED) is 0.514. The normalized spacial score (nSPS) is 21.9. The number of para-hydroxylation sites is 1. The van der Waals surface area contributed by atoms with E-state index in [2.05, 4.69) is 21.7 Å². The van der Waals surface area contributed by atoms with Gasteiger partial charge in [-0.05, 0) is 42.0 Å². The van der Waals surface area contributed by atoms with E-state index in [4.69, 9.17) is 0 Å². The van der Waals surface area contributed by atoms with Crippen molar-refractivity contribution in [3.05, 3.63) is 70.9 Å². The number of nitrogens with zero attached hydrogens (tertiary/aromatic N) is 1. The van der Waals surface area contributed by atoms with Crippen molar-refractivity contribution in [2.45, 2.75) is 70.1 Å². The van der Waals surface area contributed by atoms with Gasteiger partial charge in [-0.2, -0.15) is 0 Å². The molecule has 0 saturated heterocycles. The number of aromatic amines is 1. The molecule has 6 rings (SSSR count). The Labute approximate surface area is 210 Å². The number of benzene rings is 2. The molecular formula is C29H32N4O3. The predicted molar refractivity (Wildman–Crippen MR) is 137 cm³/mol. The van der Waals surface area contributed by atoms with E-state index in [9.17, 15) is 14.4 Å². The Morgan fingerprint density at radius 2 is 1.75 bits per heavy atom. The van der Waals surface area contributed by atoms with Crippen LogP contribution < -0.4 is 10.6 Å². The van der Waals surface area contributed by atoms with Gasteiger partial charge in [0.2, 0.25) is 11.8 Å². The highest BCUT2D eigenvalue weighted by Gasteiger charge is 2.49. The monoisotopic (exact) mass is 484 g/mol. The van der Waals surface area contributed by atoms with Crippen LogP contribution in [0.2, 0.25) is 0 Å². The Balaban J connectivity index is 1.35. The maximum Gasteiger partial charge on any atom is 0.255 e. The lowest BCUT2D eigenvalue weighted by molar-refractivity contribution is -0.133. The number of aromatic nitrogens is 1. The number of hydrogen-bond donors (Lipinski definition) is 3. The zero-order valence-electron chi connectivity index (χ0n) is 20.7. The van der Waals surface area contributed by atoms with Gasteiger partial charge in [0, 0.05) is 34.6 Å². The highest BCUT2D eigenvalue weighted by Crippen LogP contribution is 2.46. The molecule has 7 heteroatoms. The van der Waals surface area contributed by atoms with Gasteiger partial charge in [-0.15, -0.1) is 0 Å². The van der Waals surface area contributed by atoms with Crippen LogP contribution in [0.25, 0.3) is 10.9 Å². The van der Waals surface area contributed by atoms with E-state index < -0.39 is 12.1 Å². The molecule has 0 unspecified atom stereocenters. The second-order valence-electron chi connectivity index (χ2n) is 10.7. The number of rotatable bonds is 5. The van der Waals surface area contributed by atoms with Crippen molar-refractivity contribution in [1.29, 1.82) is 0 Å². The summed E-state index contributed by atoms with van der Waals surface area (Å²) in [5.41, 5.74) is 4.57. The van der Waals surface area contributed by atoms with Crippen LogP contribution in [0.3, 0.4) is 0 Å². The second-order valence-corrected chi connectivity index (χ2v) is 10.7. The Bertz CT molecular complexity index is 1350. The molecule has 2 aliphatic heterocycles. The van der Waals surface area contributed by atoms with E-state index in [0.717, 1.165) is 53.4 Å². The van der Waals surface area contributed by atoms with Crippen molar-refractivity contribution in [2.24, 2.45) is 5.92 Å². The highest BCUT2D eigenvalue weighted by atomic mass is 16.2. The highest BCUT2D eigenvalue weighted by molar-refractivity contribution is 6.04. The molecule has 3 N–H and O–H groups in total. The summed E-state index contributed by atoms with van der Waals surface area (Å²) in [6, 6.07) is 14.1. The van der Waals surface area contributed by atoms with Crippen LogP contribution in [-0.2, 0) is 16.0 Å². The summed E-state index contributed by atoms with van der Waals surface area (Å²) in [5.74, 6) is -0.639. The molecule has 3 aliphatic rings. The fourth-order valence-corrected chi connectivity index (χ4v) is 6.28. The lowest BCUT2D eigenvalue weighted by Gasteiger charge is -2.38. The molecule has 1 fully saturated rings. The topological polar surface area (TPSA) is 94.3 Å². The summed E-state index contributed by atoms with van der Waals surface area (Å²) in [5, 5.41) is 7.24. The molecule has 1 aliphatic carbocycles.